The first-order valence-electron chi connectivity index (χ1n) is 5.27. The van der Waals surface area contributed by atoms with Crippen molar-refractivity contribution in [1.82, 2.24) is 0 Å². The van der Waals surface area contributed by atoms with E-state index in [-0.39, 0.29) is 11.9 Å². The van der Waals surface area contributed by atoms with E-state index in [1.165, 1.54) is 7.11 Å². The van der Waals surface area contributed by atoms with Gasteiger partial charge in [-0.2, -0.15) is 0 Å². The molecule has 1 saturated heterocycles. The van der Waals surface area contributed by atoms with Gasteiger partial charge in [-0.25, -0.2) is 4.79 Å². The van der Waals surface area contributed by atoms with Gasteiger partial charge in [0.1, 0.15) is 0 Å². The van der Waals surface area contributed by atoms with Crippen LogP contribution in [0.3, 0.4) is 0 Å². The number of hydrogen-bond donors (Lipinski definition) is 0. The number of esters is 1. The predicted molar refractivity (Wildman–Crippen MR) is 57.2 cm³/mol. The maximum absolute atomic E-state index is 11.8. The van der Waals surface area contributed by atoms with E-state index in [0.717, 1.165) is 0 Å². The quantitative estimate of drug-likeness (QED) is 0.496. The summed E-state index contributed by atoms with van der Waals surface area (Å²) < 4.78 is 20.7. The van der Waals surface area contributed by atoms with E-state index >= 15 is 0 Å². The molecule has 0 aromatic heterocycles. The van der Waals surface area contributed by atoms with Gasteiger partial charge in [0.25, 0.3) is 0 Å². The number of carbonyl (C=O) groups is 1. The van der Waals surface area contributed by atoms with Crippen LogP contribution in [-0.2, 0) is 23.7 Å². The minimum absolute atomic E-state index is 0.00486. The van der Waals surface area contributed by atoms with Crippen molar-refractivity contribution in [1.29, 1.82) is 0 Å². The van der Waals surface area contributed by atoms with Crippen LogP contribution in [0.25, 0.3) is 0 Å². The number of hydrogen-bond acceptors (Lipinski definition) is 5. The molecule has 0 saturated carbocycles. The highest BCUT2D eigenvalue weighted by atomic mass is 16.7. The van der Waals surface area contributed by atoms with Crippen molar-refractivity contribution < 1.29 is 23.7 Å². The standard InChI is InChI=1S/C11H20O5/c1-8(2)11(9(12)15-5)10(16-11,6-13-3)7-14-4/h8H,6-7H2,1-5H3. The number of carbonyl (C=O) groups excluding carboxylic acids is 1. The fourth-order valence-corrected chi connectivity index (χ4v) is 2.32. The van der Waals surface area contributed by atoms with Gasteiger partial charge in [0, 0.05) is 14.2 Å². The van der Waals surface area contributed by atoms with Crippen molar-refractivity contribution in [3.63, 3.8) is 0 Å². The highest BCUT2D eigenvalue weighted by Crippen LogP contribution is 2.54. The lowest BCUT2D eigenvalue weighted by Crippen LogP contribution is -2.44. The zero-order valence-electron chi connectivity index (χ0n) is 10.5. The molecule has 16 heavy (non-hydrogen) atoms. The van der Waals surface area contributed by atoms with Crippen LogP contribution in [0.5, 0.6) is 0 Å². The molecule has 1 atom stereocenters. The summed E-state index contributed by atoms with van der Waals surface area (Å²) in [6, 6.07) is 0. The van der Waals surface area contributed by atoms with Crippen molar-refractivity contribution in [2.75, 3.05) is 34.5 Å². The molecule has 1 rings (SSSR count). The van der Waals surface area contributed by atoms with Gasteiger partial charge < -0.3 is 18.9 Å². The summed E-state index contributed by atoms with van der Waals surface area (Å²) in [6.45, 7) is 4.47. The molecule has 0 bridgehead atoms. The van der Waals surface area contributed by atoms with Crippen molar-refractivity contribution in [3.8, 4) is 0 Å². The summed E-state index contributed by atoms with van der Waals surface area (Å²) in [6.07, 6.45) is 0. The molecular formula is C11H20O5. The first kappa shape index (κ1) is 13.4. The number of epoxide rings is 1. The molecule has 0 aliphatic carbocycles. The van der Waals surface area contributed by atoms with E-state index in [1.807, 2.05) is 13.8 Å². The van der Waals surface area contributed by atoms with Crippen molar-refractivity contribution in [2.24, 2.45) is 5.92 Å². The van der Waals surface area contributed by atoms with Gasteiger partial charge in [-0.3, -0.25) is 0 Å². The molecule has 0 N–H and O–H groups in total. The van der Waals surface area contributed by atoms with Crippen molar-refractivity contribution in [3.05, 3.63) is 0 Å². The molecule has 1 fully saturated rings. The molecule has 1 aliphatic heterocycles. The van der Waals surface area contributed by atoms with Crippen LogP contribution in [-0.4, -0.2) is 51.7 Å². The Kier molecular flexibility index (Phi) is 3.93. The number of ether oxygens (including phenoxy) is 4. The molecular weight excluding hydrogens is 212 g/mol. The van der Waals surface area contributed by atoms with E-state index in [2.05, 4.69) is 0 Å². The van der Waals surface area contributed by atoms with Gasteiger partial charge in [0.15, 0.2) is 5.60 Å². The average Bonchev–Trinajstić information content (AvgIpc) is 2.88. The van der Waals surface area contributed by atoms with Gasteiger partial charge >= 0.3 is 5.97 Å². The smallest absolute Gasteiger partial charge is 0.341 e. The predicted octanol–water partition coefficient (Wildman–Crippen LogP) is 0.616. The van der Waals surface area contributed by atoms with Gasteiger partial charge in [-0.05, 0) is 5.92 Å². The molecule has 94 valence electrons. The molecule has 1 heterocycles. The first-order valence-corrected chi connectivity index (χ1v) is 5.27. The van der Waals surface area contributed by atoms with Crippen LogP contribution in [0.4, 0.5) is 0 Å². The third-order valence-corrected chi connectivity index (χ3v) is 3.05. The van der Waals surface area contributed by atoms with E-state index in [0.29, 0.717) is 13.2 Å². The Morgan fingerprint density at radius 2 is 1.69 bits per heavy atom. The van der Waals surface area contributed by atoms with Gasteiger partial charge in [0.2, 0.25) is 5.60 Å². The zero-order valence-corrected chi connectivity index (χ0v) is 10.5. The molecule has 5 heteroatoms. The summed E-state index contributed by atoms with van der Waals surface area (Å²) in [5, 5.41) is 0. The molecule has 0 radical (unpaired) electrons. The summed E-state index contributed by atoms with van der Waals surface area (Å²) in [5.41, 5.74) is -1.65. The summed E-state index contributed by atoms with van der Waals surface area (Å²) in [5.74, 6) is -0.359. The Bertz CT molecular complexity index is 257. The number of methoxy groups -OCH3 is 3. The monoisotopic (exact) mass is 232 g/mol. The normalized spacial score (nSPS) is 26.9. The lowest BCUT2D eigenvalue weighted by atomic mass is 9.84. The molecule has 0 aromatic carbocycles. The van der Waals surface area contributed by atoms with Crippen molar-refractivity contribution >= 4 is 5.97 Å². The summed E-state index contributed by atoms with van der Waals surface area (Å²) in [7, 11) is 4.50. The molecule has 1 unspecified atom stereocenters. The zero-order chi connectivity index (χ0) is 12.4. The Morgan fingerprint density at radius 3 is 2.00 bits per heavy atom. The molecule has 5 nitrogen and oxygen atoms in total. The minimum atomic E-state index is -0.937. The Morgan fingerprint density at radius 1 is 1.19 bits per heavy atom. The second-order valence-corrected chi connectivity index (χ2v) is 4.34. The molecule has 0 amide bonds. The van der Waals surface area contributed by atoms with Crippen molar-refractivity contribution in [2.45, 2.75) is 25.0 Å². The van der Waals surface area contributed by atoms with Gasteiger partial charge in [-0.15, -0.1) is 0 Å². The lowest BCUT2D eigenvalue weighted by molar-refractivity contribution is -0.149. The minimum Gasteiger partial charge on any atom is -0.467 e. The van der Waals surface area contributed by atoms with Crippen LogP contribution >= 0.6 is 0 Å². The van der Waals surface area contributed by atoms with E-state index in [1.54, 1.807) is 14.2 Å². The molecule has 0 aromatic rings. The molecule has 1 aliphatic rings. The lowest BCUT2D eigenvalue weighted by Gasteiger charge is -2.20. The second-order valence-electron chi connectivity index (χ2n) is 4.34. The van der Waals surface area contributed by atoms with Crippen LogP contribution in [0.15, 0.2) is 0 Å². The third-order valence-electron chi connectivity index (χ3n) is 3.05. The van der Waals surface area contributed by atoms with Gasteiger partial charge in [0.05, 0.1) is 20.3 Å². The van der Waals surface area contributed by atoms with Gasteiger partial charge in [-0.1, -0.05) is 13.8 Å². The fraction of sp³-hybridized carbons (Fsp3) is 0.909. The Hall–Kier alpha value is -0.650. The first-order chi connectivity index (χ1) is 7.50. The van der Waals surface area contributed by atoms with E-state index in [9.17, 15) is 4.79 Å². The SMILES string of the molecule is COCC1(COC)OC1(C(=O)OC)C(C)C. The highest BCUT2D eigenvalue weighted by molar-refractivity contribution is 5.85. The van der Waals surface area contributed by atoms with Crippen LogP contribution in [0.2, 0.25) is 0 Å². The maximum atomic E-state index is 11.8. The number of rotatable bonds is 6. The maximum Gasteiger partial charge on any atom is 0.341 e. The van der Waals surface area contributed by atoms with Crippen LogP contribution in [0.1, 0.15) is 13.8 Å². The fourth-order valence-electron chi connectivity index (χ4n) is 2.32. The largest absolute Gasteiger partial charge is 0.467 e. The third kappa shape index (κ3) is 1.73. The van der Waals surface area contributed by atoms with E-state index < -0.39 is 11.2 Å². The highest BCUT2D eigenvalue weighted by Gasteiger charge is 2.77. The summed E-state index contributed by atoms with van der Waals surface area (Å²) >= 11 is 0. The Balaban J connectivity index is 2.94. The topological polar surface area (TPSA) is 57.3 Å². The second kappa shape index (κ2) is 4.69. The summed E-state index contributed by atoms with van der Waals surface area (Å²) in [4.78, 5) is 11.8. The van der Waals surface area contributed by atoms with E-state index in [4.69, 9.17) is 18.9 Å². The average molecular weight is 232 g/mol. The molecule has 0 spiro atoms. The Labute approximate surface area is 96.0 Å². The van der Waals surface area contributed by atoms with Crippen LogP contribution < -0.4 is 0 Å². The van der Waals surface area contributed by atoms with Crippen LogP contribution in [0, 0.1) is 5.92 Å².